The smallest absolute Gasteiger partial charge is 0.224 e. The first-order valence-electron chi connectivity index (χ1n) is 8.71. The van der Waals surface area contributed by atoms with E-state index in [1.54, 1.807) is 0 Å². The van der Waals surface area contributed by atoms with Gasteiger partial charge in [0.2, 0.25) is 5.91 Å². The van der Waals surface area contributed by atoms with Crippen molar-refractivity contribution in [1.82, 2.24) is 9.80 Å². The minimum absolute atomic E-state index is 0.0667. The van der Waals surface area contributed by atoms with Gasteiger partial charge in [-0.1, -0.05) is 37.3 Å². The standard InChI is InChI=1S/C18H28N2O3S/c1-3-19(17-11-13-24(22,23)15-17)12-10-18(21)20(4-2)14-16-8-6-5-7-9-16/h5-9,17H,3-4,10-15H2,1-2H3. The molecule has 2 rings (SSSR count). The minimum Gasteiger partial charge on any atom is -0.339 e. The van der Waals surface area contributed by atoms with Gasteiger partial charge < -0.3 is 4.90 Å². The molecular weight excluding hydrogens is 324 g/mol. The van der Waals surface area contributed by atoms with Crippen molar-refractivity contribution >= 4 is 15.7 Å². The second kappa shape index (κ2) is 8.62. The maximum atomic E-state index is 12.5. The molecule has 0 bridgehead atoms. The minimum atomic E-state index is -2.89. The van der Waals surface area contributed by atoms with Gasteiger partial charge in [0.25, 0.3) is 0 Å². The zero-order valence-electron chi connectivity index (χ0n) is 14.6. The SMILES string of the molecule is CCN(Cc1ccccc1)C(=O)CCN(CC)C1CCS(=O)(=O)C1. The number of rotatable bonds is 8. The fourth-order valence-electron chi connectivity index (χ4n) is 3.24. The number of benzene rings is 1. The lowest BCUT2D eigenvalue weighted by atomic mass is 10.2. The van der Waals surface area contributed by atoms with E-state index in [0.29, 0.717) is 32.5 Å². The first-order chi connectivity index (χ1) is 11.4. The van der Waals surface area contributed by atoms with Gasteiger partial charge in [-0.25, -0.2) is 8.42 Å². The van der Waals surface area contributed by atoms with Crippen LogP contribution in [0, 0.1) is 0 Å². The second-order valence-electron chi connectivity index (χ2n) is 6.33. The molecule has 1 unspecified atom stereocenters. The fourth-order valence-corrected chi connectivity index (χ4v) is 5.00. The molecule has 5 nitrogen and oxygen atoms in total. The molecule has 1 atom stereocenters. The van der Waals surface area contributed by atoms with Crippen LogP contribution in [0.2, 0.25) is 0 Å². The van der Waals surface area contributed by atoms with Crippen LogP contribution in [0.15, 0.2) is 30.3 Å². The van der Waals surface area contributed by atoms with E-state index in [1.807, 2.05) is 49.1 Å². The molecule has 6 heteroatoms. The molecule has 24 heavy (non-hydrogen) atoms. The topological polar surface area (TPSA) is 57.7 Å². The van der Waals surface area contributed by atoms with E-state index in [2.05, 4.69) is 4.90 Å². The number of hydrogen-bond donors (Lipinski definition) is 0. The molecule has 0 spiro atoms. The summed E-state index contributed by atoms with van der Waals surface area (Å²) in [5, 5.41) is 0. The Hall–Kier alpha value is -1.40. The summed E-state index contributed by atoms with van der Waals surface area (Å²) in [5.74, 6) is 0.633. The van der Waals surface area contributed by atoms with Gasteiger partial charge >= 0.3 is 0 Å². The molecular formula is C18H28N2O3S. The number of sulfone groups is 1. The Morgan fingerprint density at radius 2 is 1.88 bits per heavy atom. The third-order valence-corrected chi connectivity index (χ3v) is 6.44. The number of carbonyl (C=O) groups excluding carboxylic acids is 1. The average Bonchev–Trinajstić information content (AvgIpc) is 2.93. The van der Waals surface area contributed by atoms with E-state index in [0.717, 1.165) is 12.1 Å². The number of nitrogens with zero attached hydrogens (tertiary/aromatic N) is 2. The number of amides is 1. The number of carbonyl (C=O) groups is 1. The van der Waals surface area contributed by atoms with Crippen LogP contribution in [-0.2, 0) is 21.2 Å². The lowest BCUT2D eigenvalue weighted by Gasteiger charge is -2.28. The Morgan fingerprint density at radius 3 is 2.42 bits per heavy atom. The lowest BCUT2D eigenvalue weighted by Crippen LogP contribution is -2.39. The van der Waals surface area contributed by atoms with Crippen LogP contribution in [0.25, 0.3) is 0 Å². The van der Waals surface area contributed by atoms with Gasteiger partial charge in [0.15, 0.2) is 9.84 Å². The van der Waals surface area contributed by atoms with E-state index < -0.39 is 9.84 Å². The van der Waals surface area contributed by atoms with Crippen LogP contribution >= 0.6 is 0 Å². The molecule has 0 saturated carbocycles. The van der Waals surface area contributed by atoms with Gasteiger partial charge in [-0.3, -0.25) is 9.69 Å². The van der Waals surface area contributed by atoms with Crippen molar-refractivity contribution in [3.8, 4) is 0 Å². The van der Waals surface area contributed by atoms with Crippen molar-refractivity contribution in [3.63, 3.8) is 0 Å². The third-order valence-electron chi connectivity index (χ3n) is 4.69. The molecule has 134 valence electrons. The van der Waals surface area contributed by atoms with E-state index >= 15 is 0 Å². The Labute approximate surface area is 145 Å². The van der Waals surface area contributed by atoms with Crippen LogP contribution in [0.4, 0.5) is 0 Å². The summed E-state index contributed by atoms with van der Waals surface area (Å²) >= 11 is 0. The van der Waals surface area contributed by atoms with Crippen molar-refractivity contribution in [2.75, 3.05) is 31.1 Å². The molecule has 0 aromatic heterocycles. The summed E-state index contributed by atoms with van der Waals surface area (Å²) in [4.78, 5) is 16.5. The molecule has 1 aromatic rings. The maximum Gasteiger partial charge on any atom is 0.224 e. The fraction of sp³-hybridized carbons (Fsp3) is 0.611. The van der Waals surface area contributed by atoms with Gasteiger partial charge in [-0.2, -0.15) is 0 Å². The highest BCUT2D eigenvalue weighted by molar-refractivity contribution is 7.91. The van der Waals surface area contributed by atoms with Crippen LogP contribution in [0.1, 0.15) is 32.3 Å². The molecule has 0 aliphatic carbocycles. The highest BCUT2D eigenvalue weighted by Crippen LogP contribution is 2.18. The Morgan fingerprint density at radius 1 is 1.17 bits per heavy atom. The summed E-state index contributed by atoms with van der Waals surface area (Å²) < 4.78 is 23.3. The van der Waals surface area contributed by atoms with Crippen molar-refractivity contribution in [2.45, 2.75) is 39.3 Å². The van der Waals surface area contributed by atoms with Crippen molar-refractivity contribution < 1.29 is 13.2 Å². The average molecular weight is 353 g/mol. The largest absolute Gasteiger partial charge is 0.339 e. The third kappa shape index (κ3) is 5.31. The maximum absolute atomic E-state index is 12.5. The van der Waals surface area contributed by atoms with E-state index in [1.165, 1.54) is 0 Å². The van der Waals surface area contributed by atoms with Crippen molar-refractivity contribution in [1.29, 1.82) is 0 Å². The predicted molar refractivity (Wildman–Crippen MR) is 96.5 cm³/mol. The van der Waals surface area contributed by atoms with E-state index in [9.17, 15) is 13.2 Å². The van der Waals surface area contributed by atoms with Crippen LogP contribution in [0.3, 0.4) is 0 Å². The molecule has 1 saturated heterocycles. The Bertz CT molecular complexity index is 631. The van der Waals surface area contributed by atoms with Gasteiger partial charge in [-0.05, 0) is 25.5 Å². The molecule has 1 fully saturated rings. The molecule has 1 amide bonds. The Balaban J connectivity index is 1.87. The van der Waals surface area contributed by atoms with Gasteiger partial charge in [-0.15, -0.1) is 0 Å². The van der Waals surface area contributed by atoms with Crippen molar-refractivity contribution in [2.24, 2.45) is 0 Å². The highest BCUT2D eigenvalue weighted by Gasteiger charge is 2.31. The summed E-state index contributed by atoms with van der Waals surface area (Å²) in [7, 11) is -2.89. The summed E-state index contributed by atoms with van der Waals surface area (Å²) in [6.45, 7) is 6.72. The predicted octanol–water partition coefficient (Wildman–Crippen LogP) is 1.93. The first kappa shape index (κ1) is 18.9. The van der Waals surface area contributed by atoms with Gasteiger partial charge in [0.1, 0.15) is 0 Å². The van der Waals surface area contributed by atoms with Crippen LogP contribution < -0.4 is 0 Å². The second-order valence-corrected chi connectivity index (χ2v) is 8.56. The number of hydrogen-bond acceptors (Lipinski definition) is 4. The molecule has 1 aliphatic heterocycles. The summed E-state index contributed by atoms with van der Waals surface area (Å²) in [6.07, 6.45) is 1.12. The monoisotopic (exact) mass is 352 g/mol. The lowest BCUT2D eigenvalue weighted by molar-refractivity contribution is -0.132. The van der Waals surface area contributed by atoms with E-state index in [-0.39, 0.29) is 23.5 Å². The van der Waals surface area contributed by atoms with Crippen molar-refractivity contribution in [3.05, 3.63) is 35.9 Å². The molecule has 0 radical (unpaired) electrons. The molecule has 1 aliphatic rings. The highest BCUT2D eigenvalue weighted by atomic mass is 32.2. The zero-order valence-corrected chi connectivity index (χ0v) is 15.5. The summed E-state index contributed by atoms with van der Waals surface area (Å²) in [6, 6.07) is 10.0. The molecule has 1 aromatic carbocycles. The molecule has 1 heterocycles. The normalized spacial score (nSPS) is 19.5. The van der Waals surface area contributed by atoms with Gasteiger partial charge in [0, 0.05) is 32.1 Å². The first-order valence-corrected chi connectivity index (χ1v) is 10.5. The van der Waals surface area contributed by atoms with E-state index in [4.69, 9.17) is 0 Å². The quantitative estimate of drug-likeness (QED) is 0.717. The molecule has 0 N–H and O–H groups in total. The van der Waals surface area contributed by atoms with Crippen LogP contribution in [-0.4, -0.2) is 61.3 Å². The van der Waals surface area contributed by atoms with Gasteiger partial charge in [0.05, 0.1) is 11.5 Å². The summed E-state index contributed by atoms with van der Waals surface area (Å²) in [5.41, 5.74) is 1.13. The Kier molecular flexibility index (Phi) is 6.80. The van der Waals surface area contributed by atoms with Crippen LogP contribution in [0.5, 0.6) is 0 Å². The zero-order chi connectivity index (χ0) is 17.6.